The van der Waals surface area contributed by atoms with Crippen LogP contribution in [0.15, 0.2) is 53.5 Å². The Balaban J connectivity index is 1.85. The number of anilines is 1. The molecule has 2 aliphatic rings. The van der Waals surface area contributed by atoms with Gasteiger partial charge in [0.05, 0.1) is 17.5 Å². The molecule has 9 heteroatoms. The van der Waals surface area contributed by atoms with Crippen LogP contribution >= 0.6 is 15.9 Å². The normalized spacial score (nSPS) is 24.7. The molecule has 1 saturated heterocycles. The molecule has 1 fully saturated rings. The van der Waals surface area contributed by atoms with Crippen LogP contribution in [0.2, 0.25) is 0 Å². The molecule has 0 bridgehead atoms. The molecule has 31 heavy (non-hydrogen) atoms. The Morgan fingerprint density at radius 1 is 1.42 bits per heavy atom. The van der Waals surface area contributed by atoms with Crippen LogP contribution in [0.1, 0.15) is 17.0 Å². The molecule has 0 saturated carbocycles. The Bertz CT molecular complexity index is 1080. The van der Waals surface area contributed by atoms with E-state index in [4.69, 9.17) is 9.47 Å². The van der Waals surface area contributed by atoms with E-state index >= 15 is 0 Å². The molecule has 2 aliphatic heterocycles. The number of nitrogens with one attached hydrogen (secondary N) is 1. The van der Waals surface area contributed by atoms with Crippen molar-refractivity contribution < 1.29 is 19.2 Å². The van der Waals surface area contributed by atoms with E-state index in [9.17, 15) is 14.9 Å². The van der Waals surface area contributed by atoms with E-state index in [1.54, 1.807) is 54.4 Å². The van der Waals surface area contributed by atoms with Crippen LogP contribution in [0.4, 0.5) is 5.69 Å². The lowest BCUT2D eigenvalue weighted by atomic mass is 9.79. The molecule has 0 unspecified atom stereocenters. The SMILES string of the molecule is C=CCOc1c(Br)cc([C@@H]2CN(C)[C@@]3(C(=O)Nc4ccccc43)[C@H]2[N+](=O)[O-])cc1OC. The van der Waals surface area contributed by atoms with Gasteiger partial charge in [-0.05, 0) is 46.7 Å². The van der Waals surface area contributed by atoms with Gasteiger partial charge in [0.1, 0.15) is 6.61 Å². The molecule has 2 aromatic rings. The van der Waals surface area contributed by atoms with Crippen LogP contribution in [0.5, 0.6) is 11.5 Å². The van der Waals surface area contributed by atoms with Gasteiger partial charge in [-0.1, -0.05) is 30.9 Å². The number of likely N-dealkylation sites (tertiary alicyclic amines) is 1. The number of carbonyl (C=O) groups excluding carboxylic acids is 1. The highest BCUT2D eigenvalue weighted by molar-refractivity contribution is 9.10. The van der Waals surface area contributed by atoms with Gasteiger partial charge in [0.25, 0.3) is 11.9 Å². The number of nitrogens with zero attached hydrogens (tertiary/aromatic N) is 2. The number of rotatable bonds is 6. The van der Waals surface area contributed by atoms with Crippen LogP contribution in [0.25, 0.3) is 0 Å². The van der Waals surface area contributed by atoms with Crippen molar-refractivity contribution in [1.82, 2.24) is 4.90 Å². The van der Waals surface area contributed by atoms with Gasteiger partial charge >= 0.3 is 0 Å². The Morgan fingerprint density at radius 2 is 2.16 bits per heavy atom. The fourth-order valence-corrected chi connectivity index (χ4v) is 5.39. The number of carbonyl (C=O) groups is 1. The summed E-state index contributed by atoms with van der Waals surface area (Å²) < 4.78 is 11.8. The Labute approximate surface area is 188 Å². The molecule has 8 nitrogen and oxygen atoms in total. The van der Waals surface area contributed by atoms with Gasteiger partial charge in [-0.15, -0.1) is 0 Å². The van der Waals surface area contributed by atoms with E-state index in [0.29, 0.717) is 39.3 Å². The highest BCUT2D eigenvalue weighted by Crippen LogP contribution is 2.53. The zero-order chi connectivity index (χ0) is 22.3. The number of ether oxygens (including phenoxy) is 2. The lowest BCUT2D eigenvalue weighted by Gasteiger charge is -2.30. The molecule has 162 valence electrons. The van der Waals surface area contributed by atoms with Gasteiger partial charge in [0.2, 0.25) is 0 Å². The van der Waals surface area contributed by atoms with Gasteiger partial charge in [0, 0.05) is 22.7 Å². The average Bonchev–Trinajstić information content (AvgIpc) is 3.22. The Kier molecular flexibility index (Phi) is 5.49. The number of likely N-dealkylation sites (N-methyl/N-ethyl adjacent to an activating group) is 1. The summed E-state index contributed by atoms with van der Waals surface area (Å²) in [5.41, 5.74) is 0.544. The second-order valence-electron chi connectivity index (χ2n) is 7.62. The largest absolute Gasteiger partial charge is 0.493 e. The van der Waals surface area contributed by atoms with E-state index in [1.807, 2.05) is 0 Å². The number of hydrogen-bond donors (Lipinski definition) is 1. The summed E-state index contributed by atoms with van der Waals surface area (Å²) in [7, 11) is 3.27. The van der Waals surface area contributed by atoms with Gasteiger partial charge in [0.15, 0.2) is 17.0 Å². The predicted octanol–water partition coefficient (Wildman–Crippen LogP) is 3.54. The third kappa shape index (κ3) is 3.11. The molecule has 1 N–H and O–H groups in total. The van der Waals surface area contributed by atoms with Crippen molar-refractivity contribution in [1.29, 1.82) is 0 Å². The summed E-state index contributed by atoms with van der Waals surface area (Å²) in [6.45, 7) is 4.26. The zero-order valence-corrected chi connectivity index (χ0v) is 18.7. The average molecular weight is 488 g/mol. The number of para-hydroxylation sites is 1. The van der Waals surface area contributed by atoms with Gasteiger partial charge in [-0.3, -0.25) is 19.8 Å². The molecule has 3 atom stereocenters. The van der Waals surface area contributed by atoms with E-state index in [2.05, 4.69) is 27.8 Å². The number of nitro groups is 1. The molecule has 4 rings (SSSR count). The summed E-state index contributed by atoms with van der Waals surface area (Å²) in [4.78, 5) is 27.1. The first-order valence-electron chi connectivity index (χ1n) is 9.73. The lowest BCUT2D eigenvalue weighted by Crippen LogP contribution is -2.54. The number of hydrogen-bond acceptors (Lipinski definition) is 6. The van der Waals surface area contributed by atoms with E-state index in [-0.39, 0.29) is 17.4 Å². The number of benzene rings is 2. The Hall–Kier alpha value is -2.91. The van der Waals surface area contributed by atoms with Crippen molar-refractivity contribution in [3.8, 4) is 11.5 Å². The predicted molar refractivity (Wildman–Crippen MR) is 119 cm³/mol. The standard InChI is InChI=1S/C22H22BrN3O5/c1-4-9-31-19-16(23)10-13(11-18(19)30-3)14-12-25(2)22(20(14)26(28)29)15-7-5-6-8-17(15)24-21(22)27/h4-8,10-11,14,20H,1,9,12H2,2-3H3,(H,24,27)/t14-,20-,22+/m0/s1. The number of fused-ring (bicyclic) bond motifs is 2. The first-order chi connectivity index (χ1) is 14.9. The topological polar surface area (TPSA) is 93.9 Å². The van der Waals surface area contributed by atoms with Crippen LogP contribution in [-0.2, 0) is 10.3 Å². The molecular formula is C22H22BrN3O5. The number of amides is 1. The summed E-state index contributed by atoms with van der Waals surface area (Å²) in [5.74, 6) is 0.0231. The first kappa shape index (κ1) is 21.3. The quantitative estimate of drug-likeness (QED) is 0.380. The minimum absolute atomic E-state index is 0.290. The van der Waals surface area contributed by atoms with Gasteiger partial charge in [-0.2, -0.15) is 0 Å². The molecular weight excluding hydrogens is 466 g/mol. The minimum Gasteiger partial charge on any atom is -0.493 e. The molecule has 0 radical (unpaired) electrons. The van der Waals surface area contributed by atoms with Crippen molar-refractivity contribution in [2.24, 2.45) is 0 Å². The second-order valence-corrected chi connectivity index (χ2v) is 8.47. The zero-order valence-electron chi connectivity index (χ0n) is 17.1. The van der Waals surface area contributed by atoms with Crippen molar-refractivity contribution in [2.45, 2.75) is 17.5 Å². The lowest BCUT2D eigenvalue weighted by molar-refractivity contribution is -0.534. The maximum absolute atomic E-state index is 13.2. The smallest absolute Gasteiger partial charge is 0.256 e. The van der Waals surface area contributed by atoms with Crippen LogP contribution in [-0.4, -0.2) is 49.1 Å². The summed E-state index contributed by atoms with van der Waals surface area (Å²) in [6, 6.07) is 9.51. The van der Waals surface area contributed by atoms with Crippen molar-refractivity contribution >= 4 is 27.5 Å². The van der Waals surface area contributed by atoms with Crippen LogP contribution < -0.4 is 14.8 Å². The maximum atomic E-state index is 13.2. The molecule has 1 spiro atoms. The fourth-order valence-electron chi connectivity index (χ4n) is 4.82. The Morgan fingerprint density at radius 3 is 2.84 bits per heavy atom. The van der Waals surface area contributed by atoms with Gasteiger partial charge in [-0.25, -0.2) is 0 Å². The van der Waals surface area contributed by atoms with Crippen LogP contribution in [0.3, 0.4) is 0 Å². The third-order valence-corrected chi connectivity index (χ3v) is 6.66. The van der Waals surface area contributed by atoms with Crippen LogP contribution in [0, 0.1) is 10.1 Å². The van der Waals surface area contributed by atoms with E-state index in [1.165, 1.54) is 7.11 Å². The van der Waals surface area contributed by atoms with Crippen molar-refractivity contribution in [3.63, 3.8) is 0 Å². The minimum atomic E-state index is -1.39. The highest BCUT2D eigenvalue weighted by atomic mass is 79.9. The third-order valence-electron chi connectivity index (χ3n) is 6.07. The van der Waals surface area contributed by atoms with Crippen molar-refractivity contribution in [3.05, 3.63) is 74.8 Å². The van der Waals surface area contributed by atoms with E-state index < -0.39 is 17.5 Å². The van der Waals surface area contributed by atoms with Gasteiger partial charge < -0.3 is 14.8 Å². The summed E-state index contributed by atoms with van der Waals surface area (Å²) in [6.07, 6.45) is 1.62. The summed E-state index contributed by atoms with van der Waals surface area (Å²) in [5, 5.41) is 15.3. The molecule has 1 amide bonds. The second kappa shape index (κ2) is 7.97. The van der Waals surface area contributed by atoms with Crippen molar-refractivity contribution in [2.75, 3.05) is 32.6 Å². The molecule has 2 heterocycles. The molecule has 0 aliphatic carbocycles. The monoisotopic (exact) mass is 487 g/mol. The number of methoxy groups -OCH3 is 1. The fraction of sp³-hybridized carbons (Fsp3) is 0.318. The highest BCUT2D eigenvalue weighted by Gasteiger charge is 2.68. The van der Waals surface area contributed by atoms with E-state index in [0.717, 1.165) is 0 Å². The maximum Gasteiger partial charge on any atom is 0.256 e. The summed E-state index contributed by atoms with van der Waals surface area (Å²) >= 11 is 3.50. The molecule has 2 aromatic carbocycles. The number of halogens is 1. The first-order valence-corrected chi connectivity index (χ1v) is 10.5. The molecule has 0 aromatic heterocycles.